The molecule has 1 aromatic carbocycles. The van der Waals surface area contributed by atoms with Crippen molar-refractivity contribution in [2.24, 2.45) is 4.99 Å². The van der Waals surface area contributed by atoms with Crippen LogP contribution in [0.4, 0.5) is 5.00 Å². The zero-order chi connectivity index (χ0) is 18.4. The molecule has 0 radical (unpaired) electrons. The normalized spacial score (nSPS) is 15.2. The van der Waals surface area contributed by atoms with Crippen LogP contribution >= 0.6 is 51.2 Å². The lowest BCUT2D eigenvalue weighted by molar-refractivity contribution is 0.408. The van der Waals surface area contributed by atoms with E-state index in [-0.39, 0.29) is 24.0 Å². The average molecular weight is 565 g/mol. The number of nitrogens with zero attached hydrogens (tertiary/aromatic N) is 2. The molecule has 1 aliphatic heterocycles. The molecule has 0 unspecified atom stereocenters. The van der Waals surface area contributed by atoms with Gasteiger partial charge in [-0.2, -0.15) is 0 Å². The molecule has 0 spiro atoms. The van der Waals surface area contributed by atoms with E-state index in [4.69, 9.17) is 4.74 Å². The SMILES string of the molecule is CN=C(NCc1cc(Br)ccc1OC)NC1CCN(c2cccs2)CC1.I. The van der Waals surface area contributed by atoms with Crippen LogP contribution in [0.25, 0.3) is 0 Å². The van der Waals surface area contributed by atoms with Gasteiger partial charge in [-0.05, 0) is 48.6 Å². The van der Waals surface area contributed by atoms with E-state index in [1.54, 1.807) is 7.11 Å². The molecule has 0 bridgehead atoms. The Morgan fingerprint density at radius 3 is 2.74 bits per heavy atom. The summed E-state index contributed by atoms with van der Waals surface area (Å²) < 4.78 is 6.48. The fourth-order valence-electron chi connectivity index (χ4n) is 3.15. The van der Waals surface area contributed by atoms with E-state index in [1.165, 1.54) is 5.00 Å². The second kappa shape index (κ2) is 11.1. The molecular formula is C19H26BrIN4OS. The molecule has 1 saturated heterocycles. The van der Waals surface area contributed by atoms with E-state index in [9.17, 15) is 0 Å². The van der Waals surface area contributed by atoms with Gasteiger partial charge >= 0.3 is 0 Å². The number of halogens is 2. The van der Waals surface area contributed by atoms with Gasteiger partial charge in [0.15, 0.2) is 5.96 Å². The van der Waals surface area contributed by atoms with Gasteiger partial charge in [0.05, 0.1) is 12.1 Å². The van der Waals surface area contributed by atoms with Crippen LogP contribution < -0.4 is 20.3 Å². The Kier molecular flexibility index (Phi) is 9.17. The summed E-state index contributed by atoms with van der Waals surface area (Å²) in [7, 11) is 3.51. The maximum atomic E-state index is 5.44. The molecular weight excluding hydrogens is 539 g/mol. The van der Waals surface area contributed by atoms with Crippen molar-refractivity contribution in [1.29, 1.82) is 0 Å². The van der Waals surface area contributed by atoms with Crippen LogP contribution in [0.15, 0.2) is 45.2 Å². The van der Waals surface area contributed by atoms with Crippen molar-refractivity contribution < 1.29 is 4.74 Å². The number of benzene rings is 1. The molecule has 2 aromatic rings. The minimum atomic E-state index is 0. The van der Waals surface area contributed by atoms with Gasteiger partial charge in [0.2, 0.25) is 0 Å². The van der Waals surface area contributed by atoms with Gasteiger partial charge in [-0.1, -0.05) is 15.9 Å². The van der Waals surface area contributed by atoms with Crippen LogP contribution in [0.3, 0.4) is 0 Å². The standard InChI is InChI=1S/C19H25BrN4OS.HI/c1-21-19(22-13-14-12-15(20)5-6-17(14)25-2)23-16-7-9-24(10-8-16)18-4-3-11-26-18;/h3-6,11-12,16H,7-10,13H2,1-2H3,(H2,21,22,23);1H. The molecule has 0 aliphatic carbocycles. The number of hydrogen-bond acceptors (Lipinski definition) is 4. The molecule has 27 heavy (non-hydrogen) atoms. The van der Waals surface area contributed by atoms with Crippen LogP contribution in [0, 0.1) is 0 Å². The van der Waals surface area contributed by atoms with E-state index in [2.05, 4.69) is 60.0 Å². The highest BCUT2D eigenvalue weighted by Gasteiger charge is 2.20. The quantitative estimate of drug-likeness (QED) is 0.319. The Bertz CT molecular complexity index is 733. The van der Waals surface area contributed by atoms with Crippen molar-refractivity contribution in [2.75, 3.05) is 32.1 Å². The smallest absolute Gasteiger partial charge is 0.191 e. The van der Waals surface area contributed by atoms with Gasteiger partial charge in [0.25, 0.3) is 0 Å². The lowest BCUT2D eigenvalue weighted by Gasteiger charge is -2.33. The molecule has 1 aromatic heterocycles. The maximum absolute atomic E-state index is 5.44. The van der Waals surface area contributed by atoms with Crippen molar-refractivity contribution in [3.63, 3.8) is 0 Å². The number of guanidine groups is 1. The van der Waals surface area contributed by atoms with Crippen LogP contribution in [-0.4, -0.2) is 39.2 Å². The number of ether oxygens (including phenoxy) is 1. The van der Waals surface area contributed by atoms with Crippen LogP contribution in [-0.2, 0) is 6.54 Å². The van der Waals surface area contributed by atoms with Gasteiger partial charge in [0, 0.05) is 42.8 Å². The molecule has 0 saturated carbocycles. The van der Waals surface area contributed by atoms with Gasteiger partial charge in [-0.3, -0.25) is 4.99 Å². The highest BCUT2D eigenvalue weighted by molar-refractivity contribution is 14.0. The Morgan fingerprint density at radius 2 is 2.11 bits per heavy atom. The second-order valence-corrected chi connectivity index (χ2v) is 8.08. The van der Waals surface area contributed by atoms with Crippen LogP contribution in [0.1, 0.15) is 18.4 Å². The third-order valence-corrected chi connectivity index (χ3v) is 5.99. The van der Waals surface area contributed by atoms with Gasteiger partial charge in [-0.15, -0.1) is 35.3 Å². The van der Waals surface area contributed by atoms with Gasteiger partial charge in [-0.25, -0.2) is 0 Å². The lowest BCUT2D eigenvalue weighted by atomic mass is 10.1. The highest BCUT2D eigenvalue weighted by Crippen LogP contribution is 2.25. The summed E-state index contributed by atoms with van der Waals surface area (Å²) in [6.45, 7) is 2.82. The van der Waals surface area contributed by atoms with Gasteiger partial charge in [0.1, 0.15) is 5.75 Å². The van der Waals surface area contributed by atoms with Crippen LogP contribution in [0.2, 0.25) is 0 Å². The molecule has 2 N–H and O–H groups in total. The second-order valence-electron chi connectivity index (χ2n) is 6.24. The zero-order valence-corrected chi connectivity index (χ0v) is 20.3. The molecule has 8 heteroatoms. The summed E-state index contributed by atoms with van der Waals surface area (Å²) in [4.78, 5) is 6.84. The molecule has 148 valence electrons. The first-order valence-electron chi connectivity index (χ1n) is 8.77. The number of thiophene rings is 1. The van der Waals surface area contributed by atoms with Crippen molar-refractivity contribution in [1.82, 2.24) is 10.6 Å². The molecule has 2 heterocycles. The first-order chi connectivity index (χ1) is 12.7. The van der Waals surface area contributed by atoms with E-state index < -0.39 is 0 Å². The number of rotatable bonds is 5. The summed E-state index contributed by atoms with van der Waals surface area (Å²) in [5.41, 5.74) is 1.09. The van der Waals surface area contributed by atoms with Crippen molar-refractivity contribution in [3.8, 4) is 5.75 Å². The molecule has 3 rings (SSSR count). The largest absolute Gasteiger partial charge is 0.496 e. The number of hydrogen-bond donors (Lipinski definition) is 2. The fraction of sp³-hybridized carbons (Fsp3) is 0.421. The first-order valence-corrected chi connectivity index (χ1v) is 10.4. The van der Waals surface area contributed by atoms with E-state index >= 15 is 0 Å². The van der Waals surface area contributed by atoms with Gasteiger partial charge < -0.3 is 20.3 Å². The number of anilines is 1. The third-order valence-electron chi connectivity index (χ3n) is 4.57. The Labute approximate surface area is 190 Å². The van der Waals surface area contributed by atoms with Crippen LogP contribution in [0.5, 0.6) is 5.75 Å². The Morgan fingerprint density at radius 1 is 1.33 bits per heavy atom. The molecule has 0 amide bonds. The predicted octanol–water partition coefficient (Wildman–Crippen LogP) is 4.47. The summed E-state index contributed by atoms with van der Waals surface area (Å²) >= 11 is 5.33. The number of nitrogens with one attached hydrogen (secondary N) is 2. The Hall–Kier alpha value is -1.000. The zero-order valence-electron chi connectivity index (χ0n) is 15.6. The number of aliphatic imine (C=N–C) groups is 1. The summed E-state index contributed by atoms with van der Waals surface area (Å²) in [6, 6.07) is 10.8. The first kappa shape index (κ1) is 22.3. The van der Waals surface area contributed by atoms with E-state index in [1.807, 2.05) is 30.5 Å². The van der Waals surface area contributed by atoms with E-state index in [0.717, 1.165) is 47.7 Å². The maximum Gasteiger partial charge on any atom is 0.191 e. The third kappa shape index (κ3) is 6.25. The monoisotopic (exact) mass is 564 g/mol. The molecule has 1 aliphatic rings. The predicted molar refractivity (Wildman–Crippen MR) is 129 cm³/mol. The van der Waals surface area contributed by atoms with Crippen molar-refractivity contribution >= 4 is 62.2 Å². The minimum Gasteiger partial charge on any atom is -0.496 e. The summed E-state index contributed by atoms with van der Waals surface area (Å²) in [5, 5.41) is 10.5. The fourth-order valence-corrected chi connectivity index (χ4v) is 4.34. The topological polar surface area (TPSA) is 48.9 Å². The van der Waals surface area contributed by atoms with E-state index in [0.29, 0.717) is 12.6 Å². The highest BCUT2D eigenvalue weighted by atomic mass is 127. The number of piperidine rings is 1. The average Bonchev–Trinajstić information content (AvgIpc) is 3.20. The summed E-state index contributed by atoms with van der Waals surface area (Å²) in [6.07, 6.45) is 2.22. The van der Waals surface area contributed by atoms with Crippen molar-refractivity contribution in [3.05, 3.63) is 45.7 Å². The number of methoxy groups -OCH3 is 1. The Balaban J connectivity index is 0.00000261. The molecule has 0 atom stereocenters. The molecule has 1 fully saturated rings. The van der Waals surface area contributed by atoms with Crippen molar-refractivity contribution in [2.45, 2.75) is 25.4 Å². The lowest BCUT2D eigenvalue weighted by Crippen LogP contribution is -2.48. The minimum absolute atomic E-state index is 0. The molecule has 5 nitrogen and oxygen atoms in total. The summed E-state index contributed by atoms with van der Waals surface area (Å²) in [5.74, 6) is 1.71.